The lowest BCUT2D eigenvalue weighted by Gasteiger charge is -2.30. The molecule has 3 N–H and O–H groups in total. The molecule has 0 heterocycles. The second-order valence-electron chi connectivity index (χ2n) is 4.84. The first kappa shape index (κ1) is 11.5. The first-order valence-electron chi connectivity index (χ1n) is 5.55. The molecule has 1 saturated carbocycles. The smallest absolute Gasteiger partial charge is 0.237 e. The summed E-state index contributed by atoms with van der Waals surface area (Å²) in [7, 11) is 0. The minimum atomic E-state index is -0.567. The summed E-state index contributed by atoms with van der Waals surface area (Å²) >= 11 is 0. The Morgan fingerprint density at radius 3 is 2.64 bits per heavy atom. The fourth-order valence-corrected chi connectivity index (χ4v) is 2.25. The fourth-order valence-electron chi connectivity index (χ4n) is 2.25. The number of nitrogens with two attached hydrogens (primary N) is 1. The van der Waals surface area contributed by atoms with Crippen LogP contribution in [0.1, 0.15) is 46.5 Å². The summed E-state index contributed by atoms with van der Waals surface area (Å²) in [4.78, 5) is 11.2. The van der Waals surface area contributed by atoms with Gasteiger partial charge in [-0.3, -0.25) is 4.79 Å². The molecule has 0 radical (unpaired) electrons. The number of amides is 1. The van der Waals surface area contributed by atoms with E-state index in [4.69, 9.17) is 5.73 Å². The second-order valence-corrected chi connectivity index (χ2v) is 4.84. The summed E-state index contributed by atoms with van der Waals surface area (Å²) in [6, 6.07) is 0.475. The first-order chi connectivity index (χ1) is 6.47. The van der Waals surface area contributed by atoms with Gasteiger partial charge in [0.2, 0.25) is 5.91 Å². The molecule has 0 aromatic heterocycles. The van der Waals surface area contributed by atoms with E-state index in [-0.39, 0.29) is 5.91 Å². The molecule has 14 heavy (non-hydrogen) atoms. The number of primary amides is 1. The van der Waals surface area contributed by atoms with Crippen LogP contribution >= 0.6 is 0 Å². The third kappa shape index (κ3) is 2.47. The maximum atomic E-state index is 11.2. The Hall–Kier alpha value is -0.570. The molecular formula is C11H22N2O. The largest absolute Gasteiger partial charge is 0.368 e. The van der Waals surface area contributed by atoms with Crippen molar-refractivity contribution >= 4 is 5.91 Å². The summed E-state index contributed by atoms with van der Waals surface area (Å²) in [5.41, 5.74) is 4.77. The Morgan fingerprint density at radius 1 is 1.50 bits per heavy atom. The standard InChI is InChI=1S/C11H22N2O/c1-4-8-6-5-7-9(8)13-11(2,3)10(12)14/h8-9,13H,4-7H2,1-3H3,(H2,12,14). The molecule has 1 rings (SSSR count). The lowest BCUT2D eigenvalue weighted by atomic mass is 9.96. The number of hydrogen-bond donors (Lipinski definition) is 2. The van der Waals surface area contributed by atoms with Crippen LogP contribution in [0.2, 0.25) is 0 Å². The van der Waals surface area contributed by atoms with Crippen LogP contribution in [-0.2, 0) is 4.79 Å². The van der Waals surface area contributed by atoms with Crippen molar-refractivity contribution in [1.29, 1.82) is 0 Å². The van der Waals surface area contributed by atoms with Gasteiger partial charge in [-0.15, -0.1) is 0 Å². The molecule has 0 aromatic rings. The normalized spacial score (nSPS) is 27.9. The monoisotopic (exact) mass is 198 g/mol. The van der Waals surface area contributed by atoms with E-state index in [9.17, 15) is 4.79 Å². The number of carbonyl (C=O) groups is 1. The van der Waals surface area contributed by atoms with Crippen molar-refractivity contribution in [2.45, 2.75) is 58.0 Å². The first-order valence-corrected chi connectivity index (χ1v) is 5.55. The predicted octanol–water partition coefficient (Wildman–Crippen LogP) is 1.42. The van der Waals surface area contributed by atoms with Crippen LogP contribution in [0.3, 0.4) is 0 Å². The highest BCUT2D eigenvalue weighted by Gasteiger charge is 2.33. The van der Waals surface area contributed by atoms with Gasteiger partial charge < -0.3 is 11.1 Å². The summed E-state index contributed by atoms with van der Waals surface area (Å²) in [6.07, 6.45) is 4.91. The fraction of sp³-hybridized carbons (Fsp3) is 0.909. The van der Waals surface area contributed by atoms with E-state index in [1.807, 2.05) is 13.8 Å². The zero-order valence-electron chi connectivity index (χ0n) is 9.47. The van der Waals surface area contributed by atoms with Gasteiger partial charge in [-0.05, 0) is 32.6 Å². The van der Waals surface area contributed by atoms with Crippen LogP contribution < -0.4 is 11.1 Å². The highest BCUT2D eigenvalue weighted by atomic mass is 16.1. The van der Waals surface area contributed by atoms with Crippen LogP contribution in [0.4, 0.5) is 0 Å². The molecule has 0 aromatic carbocycles. The Kier molecular flexibility index (Phi) is 3.53. The van der Waals surface area contributed by atoms with Crippen molar-refractivity contribution in [3.8, 4) is 0 Å². The highest BCUT2D eigenvalue weighted by molar-refractivity contribution is 5.83. The van der Waals surface area contributed by atoms with Crippen LogP contribution in [0, 0.1) is 5.92 Å². The van der Waals surface area contributed by atoms with Crippen LogP contribution in [0.15, 0.2) is 0 Å². The molecule has 3 heteroatoms. The van der Waals surface area contributed by atoms with Gasteiger partial charge in [-0.1, -0.05) is 19.8 Å². The van der Waals surface area contributed by atoms with Crippen molar-refractivity contribution in [1.82, 2.24) is 5.32 Å². The molecule has 1 aliphatic carbocycles. The Labute approximate surface area is 86.4 Å². The summed E-state index contributed by atoms with van der Waals surface area (Å²) in [6.45, 7) is 5.93. The molecular weight excluding hydrogens is 176 g/mol. The number of rotatable bonds is 4. The molecule has 0 spiro atoms. The van der Waals surface area contributed by atoms with E-state index >= 15 is 0 Å². The molecule has 1 aliphatic rings. The number of nitrogens with one attached hydrogen (secondary N) is 1. The molecule has 0 saturated heterocycles. The lowest BCUT2D eigenvalue weighted by molar-refractivity contribution is -0.123. The Balaban J connectivity index is 2.54. The van der Waals surface area contributed by atoms with Gasteiger partial charge in [0, 0.05) is 6.04 Å². The van der Waals surface area contributed by atoms with E-state index in [2.05, 4.69) is 12.2 Å². The maximum absolute atomic E-state index is 11.2. The number of hydrogen-bond acceptors (Lipinski definition) is 2. The Morgan fingerprint density at radius 2 is 2.14 bits per heavy atom. The average molecular weight is 198 g/mol. The van der Waals surface area contributed by atoms with Crippen molar-refractivity contribution in [2.24, 2.45) is 11.7 Å². The van der Waals surface area contributed by atoms with E-state index in [0.717, 1.165) is 0 Å². The van der Waals surface area contributed by atoms with Gasteiger partial charge in [0.05, 0.1) is 5.54 Å². The van der Waals surface area contributed by atoms with Gasteiger partial charge in [0.15, 0.2) is 0 Å². The van der Waals surface area contributed by atoms with Crippen LogP contribution in [-0.4, -0.2) is 17.5 Å². The van der Waals surface area contributed by atoms with Gasteiger partial charge in [-0.2, -0.15) is 0 Å². The second kappa shape index (κ2) is 4.30. The summed E-state index contributed by atoms with van der Waals surface area (Å²) in [5.74, 6) is 0.452. The molecule has 1 fully saturated rings. The molecule has 2 unspecified atom stereocenters. The van der Waals surface area contributed by atoms with Crippen molar-refractivity contribution < 1.29 is 4.79 Å². The quantitative estimate of drug-likeness (QED) is 0.717. The van der Waals surface area contributed by atoms with Crippen molar-refractivity contribution in [3.63, 3.8) is 0 Å². The molecule has 0 bridgehead atoms. The summed E-state index contributed by atoms with van der Waals surface area (Å²) in [5, 5.41) is 3.38. The minimum absolute atomic E-state index is 0.265. The molecule has 82 valence electrons. The Bertz CT molecular complexity index is 213. The molecule has 3 nitrogen and oxygen atoms in total. The van der Waals surface area contributed by atoms with E-state index in [1.165, 1.54) is 25.7 Å². The van der Waals surface area contributed by atoms with Crippen LogP contribution in [0.25, 0.3) is 0 Å². The van der Waals surface area contributed by atoms with Crippen molar-refractivity contribution in [3.05, 3.63) is 0 Å². The summed E-state index contributed by atoms with van der Waals surface area (Å²) < 4.78 is 0. The molecule has 0 aliphatic heterocycles. The maximum Gasteiger partial charge on any atom is 0.237 e. The highest BCUT2D eigenvalue weighted by Crippen LogP contribution is 2.29. The topological polar surface area (TPSA) is 55.1 Å². The van der Waals surface area contributed by atoms with E-state index in [1.54, 1.807) is 0 Å². The SMILES string of the molecule is CCC1CCCC1NC(C)(C)C(N)=O. The van der Waals surface area contributed by atoms with Crippen LogP contribution in [0.5, 0.6) is 0 Å². The van der Waals surface area contributed by atoms with Crippen molar-refractivity contribution in [2.75, 3.05) is 0 Å². The molecule has 1 amide bonds. The van der Waals surface area contributed by atoms with Gasteiger partial charge in [-0.25, -0.2) is 0 Å². The van der Waals surface area contributed by atoms with E-state index in [0.29, 0.717) is 12.0 Å². The van der Waals surface area contributed by atoms with E-state index < -0.39 is 5.54 Å². The average Bonchev–Trinajstić information content (AvgIpc) is 2.50. The van der Waals surface area contributed by atoms with Gasteiger partial charge in [0.25, 0.3) is 0 Å². The lowest BCUT2D eigenvalue weighted by Crippen LogP contribution is -2.55. The number of carbonyl (C=O) groups excluding carboxylic acids is 1. The zero-order chi connectivity index (χ0) is 10.8. The zero-order valence-corrected chi connectivity index (χ0v) is 9.47. The van der Waals surface area contributed by atoms with Gasteiger partial charge >= 0.3 is 0 Å². The third-order valence-corrected chi connectivity index (χ3v) is 3.35. The predicted molar refractivity (Wildman–Crippen MR) is 57.8 cm³/mol. The minimum Gasteiger partial charge on any atom is -0.368 e. The molecule has 2 atom stereocenters. The van der Waals surface area contributed by atoms with Gasteiger partial charge in [0.1, 0.15) is 0 Å². The third-order valence-electron chi connectivity index (χ3n) is 3.35.